The number of anilines is 1. The smallest absolute Gasteiger partial charge is 0.306 e. The molecule has 0 aliphatic rings. The van der Waals surface area contributed by atoms with Crippen molar-refractivity contribution in [1.29, 1.82) is 0 Å². The Morgan fingerprint density at radius 2 is 2.29 bits per heavy atom. The summed E-state index contributed by atoms with van der Waals surface area (Å²) in [4.78, 5) is 18.1. The van der Waals surface area contributed by atoms with E-state index in [0.29, 0.717) is 0 Å². The molecule has 17 heavy (non-hydrogen) atoms. The van der Waals surface area contributed by atoms with E-state index < -0.39 is 21.7 Å². The first-order valence-corrected chi connectivity index (χ1v) is 6.52. The second-order valence-electron chi connectivity index (χ2n) is 2.95. The highest BCUT2D eigenvalue weighted by Crippen LogP contribution is 2.07. The largest absolute Gasteiger partial charge is 0.469 e. The molecule has 0 aliphatic carbocycles. The Bertz CT molecular complexity index is 505. The molecular formula is C8H10ClN3O4S. The molecule has 0 aromatic carbocycles. The van der Waals surface area contributed by atoms with Crippen LogP contribution in [0.3, 0.4) is 0 Å². The van der Waals surface area contributed by atoms with Gasteiger partial charge in [0.15, 0.2) is 0 Å². The van der Waals surface area contributed by atoms with Gasteiger partial charge in [0.05, 0.1) is 19.3 Å². The lowest BCUT2D eigenvalue weighted by Crippen LogP contribution is -2.20. The topological polar surface area (TPSA) is 98.2 Å². The number of carbonyl (C=O) groups excluding carboxylic acids is 1. The van der Waals surface area contributed by atoms with Gasteiger partial charge < -0.3 is 4.74 Å². The van der Waals surface area contributed by atoms with Crippen molar-refractivity contribution in [2.24, 2.45) is 0 Å². The molecule has 0 unspecified atom stereocenters. The molecule has 0 saturated heterocycles. The minimum absolute atomic E-state index is 0.116. The van der Waals surface area contributed by atoms with Gasteiger partial charge in [-0.05, 0) is 6.07 Å². The molecule has 1 rings (SSSR count). The van der Waals surface area contributed by atoms with Crippen LogP contribution in [0.15, 0.2) is 12.3 Å². The molecule has 1 aromatic rings. The van der Waals surface area contributed by atoms with Gasteiger partial charge in [0.25, 0.3) is 0 Å². The van der Waals surface area contributed by atoms with Gasteiger partial charge in [-0.2, -0.15) is 0 Å². The van der Waals surface area contributed by atoms with Gasteiger partial charge in [-0.15, -0.1) is 0 Å². The van der Waals surface area contributed by atoms with Crippen molar-refractivity contribution in [2.45, 2.75) is 6.42 Å². The predicted octanol–water partition coefficient (Wildman–Crippen LogP) is 0.435. The summed E-state index contributed by atoms with van der Waals surface area (Å²) in [6, 6.07) is 1.41. The van der Waals surface area contributed by atoms with Crippen LogP contribution in [0.1, 0.15) is 6.42 Å². The SMILES string of the molecule is COC(=O)CCS(=O)(=O)Nc1nccc(Cl)n1. The van der Waals surface area contributed by atoms with E-state index in [2.05, 4.69) is 19.4 Å². The lowest BCUT2D eigenvalue weighted by molar-refractivity contribution is -0.140. The van der Waals surface area contributed by atoms with Gasteiger partial charge in [0.2, 0.25) is 16.0 Å². The molecule has 0 bridgehead atoms. The third-order valence-corrected chi connectivity index (χ3v) is 3.12. The van der Waals surface area contributed by atoms with E-state index in [-0.39, 0.29) is 17.5 Å². The highest BCUT2D eigenvalue weighted by Gasteiger charge is 2.15. The van der Waals surface area contributed by atoms with E-state index in [1.165, 1.54) is 19.4 Å². The maximum Gasteiger partial charge on any atom is 0.306 e. The molecule has 7 nitrogen and oxygen atoms in total. The van der Waals surface area contributed by atoms with Crippen LogP contribution < -0.4 is 4.72 Å². The minimum atomic E-state index is -3.69. The van der Waals surface area contributed by atoms with Gasteiger partial charge >= 0.3 is 5.97 Å². The van der Waals surface area contributed by atoms with Gasteiger partial charge in [-0.25, -0.2) is 18.4 Å². The summed E-state index contributed by atoms with van der Waals surface area (Å²) in [5.74, 6) is -1.15. The number of esters is 1. The van der Waals surface area contributed by atoms with Gasteiger partial charge in [0.1, 0.15) is 5.15 Å². The molecule has 94 valence electrons. The fraction of sp³-hybridized carbons (Fsp3) is 0.375. The lowest BCUT2D eigenvalue weighted by Gasteiger charge is -2.05. The minimum Gasteiger partial charge on any atom is -0.469 e. The van der Waals surface area contributed by atoms with Crippen LogP contribution in [0.4, 0.5) is 5.95 Å². The first-order chi connectivity index (χ1) is 7.93. The van der Waals surface area contributed by atoms with E-state index >= 15 is 0 Å². The Labute approximate surface area is 103 Å². The first-order valence-electron chi connectivity index (χ1n) is 4.49. The van der Waals surface area contributed by atoms with Crippen molar-refractivity contribution in [2.75, 3.05) is 17.6 Å². The number of rotatable bonds is 5. The van der Waals surface area contributed by atoms with Gasteiger partial charge in [-0.3, -0.25) is 9.52 Å². The second kappa shape index (κ2) is 5.78. The Morgan fingerprint density at radius 3 is 2.88 bits per heavy atom. The zero-order valence-corrected chi connectivity index (χ0v) is 10.5. The van der Waals surface area contributed by atoms with Crippen molar-refractivity contribution < 1.29 is 17.9 Å². The number of carbonyl (C=O) groups is 1. The summed E-state index contributed by atoms with van der Waals surface area (Å²) in [5, 5.41) is 0.116. The van der Waals surface area contributed by atoms with Crippen molar-refractivity contribution in [3.8, 4) is 0 Å². The third kappa shape index (κ3) is 4.96. The van der Waals surface area contributed by atoms with E-state index in [1.54, 1.807) is 0 Å². The maximum absolute atomic E-state index is 11.5. The van der Waals surface area contributed by atoms with E-state index in [1.807, 2.05) is 0 Å². The number of nitrogens with zero attached hydrogens (tertiary/aromatic N) is 2. The van der Waals surface area contributed by atoms with Crippen molar-refractivity contribution in [3.63, 3.8) is 0 Å². The number of hydrogen-bond donors (Lipinski definition) is 1. The standard InChI is InChI=1S/C8H10ClN3O4S/c1-16-7(13)3-5-17(14,15)12-8-10-4-2-6(9)11-8/h2,4H,3,5H2,1H3,(H,10,11,12). The molecule has 0 saturated carbocycles. The van der Waals surface area contributed by atoms with E-state index in [9.17, 15) is 13.2 Å². The molecule has 0 fully saturated rings. The summed E-state index contributed by atoms with van der Waals surface area (Å²) in [5.41, 5.74) is 0. The molecule has 0 aliphatic heterocycles. The first kappa shape index (κ1) is 13.7. The molecule has 1 heterocycles. The van der Waals surface area contributed by atoms with Crippen LogP contribution in [-0.4, -0.2) is 37.2 Å². The molecule has 0 amide bonds. The molecule has 0 radical (unpaired) electrons. The zero-order valence-electron chi connectivity index (χ0n) is 8.88. The summed E-state index contributed by atoms with van der Waals surface area (Å²) < 4.78 is 29.4. The molecule has 0 atom stereocenters. The monoisotopic (exact) mass is 279 g/mol. The fourth-order valence-corrected chi connectivity index (χ4v) is 1.95. The quantitative estimate of drug-likeness (QED) is 0.620. The van der Waals surface area contributed by atoms with Crippen LogP contribution in [0.25, 0.3) is 0 Å². The predicted molar refractivity (Wildman–Crippen MR) is 61.1 cm³/mol. The maximum atomic E-state index is 11.5. The summed E-state index contributed by atoms with van der Waals surface area (Å²) in [6.45, 7) is 0. The molecule has 0 spiro atoms. The number of halogens is 1. The van der Waals surface area contributed by atoms with Gasteiger partial charge in [-0.1, -0.05) is 11.6 Å². The Hall–Kier alpha value is -1.41. The number of aromatic nitrogens is 2. The summed E-state index contributed by atoms with van der Waals surface area (Å²) in [6.07, 6.45) is 1.07. The van der Waals surface area contributed by atoms with Crippen LogP contribution in [0.5, 0.6) is 0 Å². The zero-order chi connectivity index (χ0) is 12.9. The summed E-state index contributed by atoms with van der Waals surface area (Å²) in [7, 11) is -2.51. The van der Waals surface area contributed by atoms with Crippen molar-refractivity contribution >= 4 is 33.5 Å². The van der Waals surface area contributed by atoms with Gasteiger partial charge in [0, 0.05) is 6.20 Å². The van der Waals surface area contributed by atoms with Crippen LogP contribution >= 0.6 is 11.6 Å². The molecule has 1 N–H and O–H groups in total. The van der Waals surface area contributed by atoms with Crippen LogP contribution in [0, 0.1) is 0 Å². The highest BCUT2D eigenvalue weighted by atomic mass is 35.5. The Kier molecular flexibility index (Phi) is 4.64. The Morgan fingerprint density at radius 1 is 1.59 bits per heavy atom. The van der Waals surface area contributed by atoms with Crippen LogP contribution in [0.2, 0.25) is 5.15 Å². The normalized spacial score (nSPS) is 10.9. The average molecular weight is 280 g/mol. The number of nitrogens with one attached hydrogen (secondary N) is 1. The number of ether oxygens (including phenoxy) is 1. The van der Waals surface area contributed by atoms with Crippen LogP contribution in [-0.2, 0) is 19.6 Å². The van der Waals surface area contributed by atoms with E-state index in [0.717, 1.165) is 0 Å². The highest BCUT2D eigenvalue weighted by molar-refractivity contribution is 7.92. The molecule has 9 heteroatoms. The molecular weight excluding hydrogens is 270 g/mol. The van der Waals surface area contributed by atoms with Crippen molar-refractivity contribution in [3.05, 3.63) is 17.4 Å². The Balaban J connectivity index is 2.64. The van der Waals surface area contributed by atoms with E-state index in [4.69, 9.17) is 11.6 Å². The lowest BCUT2D eigenvalue weighted by atomic mass is 10.5. The number of sulfonamides is 1. The number of methoxy groups -OCH3 is 1. The number of hydrogen-bond acceptors (Lipinski definition) is 6. The second-order valence-corrected chi connectivity index (χ2v) is 5.18. The summed E-state index contributed by atoms with van der Waals surface area (Å²) >= 11 is 5.56. The average Bonchev–Trinajstić information content (AvgIpc) is 2.25. The fourth-order valence-electron chi connectivity index (χ4n) is 0.896. The molecule has 1 aromatic heterocycles. The third-order valence-electron chi connectivity index (χ3n) is 1.67. The van der Waals surface area contributed by atoms with Crippen molar-refractivity contribution in [1.82, 2.24) is 9.97 Å².